The molecular formula is C29H38ClN3O5. The molecule has 0 fully saturated rings. The van der Waals surface area contributed by atoms with Crippen molar-refractivity contribution in [2.45, 2.75) is 71.7 Å². The van der Waals surface area contributed by atoms with E-state index < -0.39 is 36.0 Å². The van der Waals surface area contributed by atoms with Gasteiger partial charge in [0.1, 0.15) is 25.0 Å². The highest BCUT2D eigenvalue weighted by Crippen LogP contribution is 2.12. The molecule has 0 spiro atoms. The minimum Gasteiger partial charge on any atom is -0.445 e. The molecule has 0 aliphatic heterocycles. The molecule has 2 aromatic carbocycles. The van der Waals surface area contributed by atoms with Crippen LogP contribution >= 0.6 is 11.6 Å². The first kappa shape index (κ1) is 30.8. The van der Waals surface area contributed by atoms with E-state index in [1.54, 1.807) is 24.3 Å². The van der Waals surface area contributed by atoms with Crippen molar-refractivity contribution in [1.82, 2.24) is 16.0 Å². The number of nitrogens with one attached hydrogen (secondary N) is 3. The predicted octanol–water partition coefficient (Wildman–Crippen LogP) is 4.44. The van der Waals surface area contributed by atoms with E-state index >= 15 is 0 Å². The summed E-state index contributed by atoms with van der Waals surface area (Å²) in [6, 6.07) is 13.7. The Kier molecular flexibility index (Phi) is 12.8. The van der Waals surface area contributed by atoms with E-state index in [1.165, 1.54) is 0 Å². The van der Waals surface area contributed by atoms with Gasteiger partial charge in [-0.3, -0.25) is 9.59 Å². The largest absolute Gasteiger partial charge is 0.445 e. The highest BCUT2D eigenvalue weighted by Gasteiger charge is 2.29. The fraction of sp³-hybridized carbons (Fsp3) is 0.448. The zero-order chi connectivity index (χ0) is 28.1. The van der Waals surface area contributed by atoms with Gasteiger partial charge in [-0.25, -0.2) is 4.79 Å². The molecule has 0 bridgehead atoms. The van der Waals surface area contributed by atoms with Crippen LogP contribution in [0.2, 0.25) is 5.02 Å². The van der Waals surface area contributed by atoms with Gasteiger partial charge in [-0.2, -0.15) is 0 Å². The molecule has 0 heterocycles. The summed E-state index contributed by atoms with van der Waals surface area (Å²) in [6.45, 7) is 7.80. The van der Waals surface area contributed by atoms with Crippen molar-refractivity contribution < 1.29 is 23.9 Å². The average Bonchev–Trinajstić information content (AvgIpc) is 2.87. The van der Waals surface area contributed by atoms with Gasteiger partial charge in [-0.1, -0.05) is 81.8 Å². The second-order valence-electron chi connectivity index (χ2n) is 10.2. The number of alkyl carbamates (subject to hydrolysis) is 1. The Morgan fingerprint density at radius 3 is 1.89 bits per heavy atom. The zero-order valence-corrected chi connectivity index (χ0v) is 23.2. The lowest BCUT2D eigenvalue weighted by Crippen LogP contribution is -2.55. The lowest BCUT2D eigenvalue weighted by Gasteiger charge is -2.26. The Morgan fingerprint density at radius 1 is 0.789 bits per heavy atom. The van der Waals surface area contributed by atoms with Crippen molar-refractivity contribution in [3.63, 3.8) is 0 Å². The monoisotopic (exact) mass is 543 g/mol. The van der Waals surface area contributed by atoms with Gasteiger partial charge in [0, 0.05) is 5.02 Å². The molecule has 8 nitrogen and oxygen atoms in total. The third kappa shape index (κ3) is 11.3. The van der Waals surface area contributed by atoms with Crippen molar-refractivity contribution in [3.8, 4) is 0 Å². The zero-order valence-electron chi connectivity index (χ0n) is 22.4. The summed E-state index contributed by atoms with van der Waals surface area (Å²) in [5, 5.41) is 8.72. The standard InChI is InChI=1S/C29H38ClN3O5/c1-19(2)14-25(27(35)31-24(17-34)16-21-10-12-23(30)13-11-21)32-28(36)26(15-20(3)4)33-29(37)38-18-22-8-6-5-7-9-22/h5-13,17,19-20,24-26H,14-16,18H2,1-4H3,(H,31,35)(H,32,36)(H,33,37)/t24?,25-,26?/m0/s1. The van der Waals surface area contributed by atoms with Crippen LogP contribution < -0.4 is 16.0 Å². The molecule has 2 rings (SSSR count). The predicted molar refractivity (Wildman–Crippen MR) is 148 cm³/mol. The molecule has 0 aromatic heterocycles. The summed E-state index contributed by atoms with van der Waals surface area (Å²) in [4.78, 5) is 50.5. The van der Waals surface area contributed by atoms with E-state index in [4.69, 9.17) is 16.3 Å². The highest BCUT2D eigenvalue weighted by molar-refractivity contribution is 6.30. The number of benzene rings is 2. The number of hydrogen-bond acceptors (Lipinski definition) is 5. The molecule has 0 saturated heterocycles. The number of halogens is 1. The Labute approximate surface area is 229 Å². The summed E-state index contributed by atoms with van der Waals surface area (Å²) in [7, 11) is 0. The molecule has 3 atom stereocenters. The summed E-state index contributed by atoms with van der Waals surface area (Å²) in [6.07, 6.45) is 0.961. The Balaban J connectivity index is 2.04. The molecule has 9 heteroatoms. The Morgan fingerprint density at radius 2 is 1.34 bits per heavy atom. The van der Waals surface area contributed by atoms with E-state index in [0.29, 0.717) is 30.6 Å². The van der Waals surface area contributed by atoms with Crippen LogP contribution in [0.1, 0.15) is 51.7 Å². The van der Waals surface area contributed by atoms with Gasteiger partial charge in [0.05, 0.1) is 6.04 Å². The number of amides is 3. The number of rotatable bonds is 14. The summed E-state index contributed by atoms with van der Waals surface area (Å²) in [5.74, 6) is -0.773. The number of carbonyl (C=O) groups is 4. The third-order valence-corrected chi connectivity index (χ3v) is 5.98. The van der Waals surface area contributed by atoms with Gasteiger partial charge in [0.25, 0.3) is 0 Å². The molecular weight excluding hydrogens is 506 g/mol. The molecule has 3 amide bonds. The second kappa shape index (κ2) is 15.8. The van der Waals surface area contributed by atoms with Crippen LogP contribution in [0.5, 0.6) is 0 Å². The summed E-state index contributed by atoms with van der Waals surface area (Å²) in [5.41, 5.74) is 1.66. The SMILES string of the molecule is CC(C)CC(NC(=O)OCc1ccccc1)C(=O)N[C@@H](CC(C)C)C(=O)NC(C=O)Cc1ccc(Cl)cc1. The van der Waals surface area contributed by atoms with Crippen molar-refractivity contribution in [3.05, 3.63) is 70.7 Å². The van der Waals surface area contributed by atoms with E-state index in [9.17, 15) is 19.2 Å². The Bertz CT molecular complexity index is 1040. The Hall–Kier alpha value is -3.39. The van der Waals surface area contributed by atoms with Crippen LogP contribution in [-0.4, -0.2) is 42.3 Å². The van der Waals surface area contributed by atoms with Gasteiger partial charge in [0.15, 0.2) is 0 Å². The van der Waals surface area contributed by atoms with Crippen LogP contribution in [0.4, 0.5) is 4.79 Å². The number of carbonyl (C=O) groups excluding carboxylic acids is 4. The maximum Gasteiger partial charge on any atom is 0.408 e. The molecule has 0 radical (unpaired) electrons. The topological polar surface area (TPSA) is 114 Å². The van der Waals surface area contributed by atoms with Crippen molar-refractivity contribution in [2.24, 2.45) is 11.8 Å². The lowest BCUT2D eigenvalue weighted by atomic mass is 9.99. The second-order valence-corrected chi connectivity index (χ2v) is 10.6. The van der Waals surface area contributed by atoms with Crippen molar-refractivity contribution in [1.29, 1.82) is 0 Å². The van der Waals surface area contributed by atoms with E-state index in [-0.39, 0.29) is 18.4 Å². The van der Waals surface area contributed by atoms with E-state index in [0.717, 1.165) is 11.1 Å². The maximum atomic E-state index is 13.2. The summed E-state index contributed by atoms with van der Waals surface area (Å²) < 4.78 is 5.28. The fourth-order valence-corrected chi connectivity index (χ4v) is 4.00. The van der Waals surface area contributed by atoms with Gasteiger partial charge < -0.3 is 25.5 Å². The normalized spacial score (nSPS) is 13.3. The maximum absolute atomic E-state index is 13.2. The lowest BCUT2D eigenvalue weighted by molar-refractivity contribution is -0.131. The minimum absolute atomic E-state index is 0.0712. The van der Waals surface area contributed by atoms with Crippen LogP contribution in [-0.2, 0) is 32.1 Å². The molecule has 2 aromatic rings. The first-order chi connectivity index (χ1) is 18.1. The molecule has 0 aliphatic carbocycles. The smallest absolute Gasteiger partial charge is 0.408 e. The van der Waals surface area contributed by atoms with Gasteiger partial charge in [-0.05, 0) is 54.4 Å². The van der Waals surface area contributed by atoms with Crippen LogP contribution in [0.25, 0.3) is 0 Å². The van der Waals surface area contributed by atoms with Crippen molar-refractivity contribution in [2.75, 3.05) is 0 Å². The molecule has 3 N–H and O–H groups in total. The van der Waals surface area contributed by atoms with Crippen LogP contribution in [0, 0.1) is 11.8 Å². The number of ether oxygens (including phenoxy) is 1. The van der Waals surface area contributed by atoms with E-state index in [2.05, 4.69) is 16.0 Å². The number of aldehydes is 1. The van der Waals surface area contributed by atoms with E-state index in [1.807, 2.05) is 58.0 Å². The molecule has 206 valence electrons. The minimum atomic E-state index is -0.892. The highest BCUT2D eigenvalue weighted by atomic mass is 35.5. The third-order valence-electron chi connectivity index (χ3n) is 5.73. The van der Waals surface area contributed by atoms with Crippen LogP contribution in [0.15, 0.2) is 54.6 Å². The fourth-order valence-electron chi connectivity index (χ4n) is 3.88. The quantitative estimate of drug-likeness (QED) is 0.305. The molecule has 0 saturated carbocycles. The first-order valence-electron chi connectivity index (χ1n) is 12.8. The summed E-state index contributed by atoms with van der Waals surface area (Å²) >= 11 is 5.93. The van der Waals surface area contributed by atoms with Crippen molar-refractivity contribution >= 4 is 35.8 Å². The van der Waals surface area contributed by atoms with Gasteiger partial charge in [-0.15, -0.1) is 0 Å². The number of hydrogen-bond donors (Lipinski definition) is 3. The molecule has 38 heavy (non-hydrogen) atoms. The molecule has 2 unspecified atom stereocenters. The molecule has 0 aliphatic rings. The first-order valence-corrected chi connectivity index (χ1v) is 13.2. The van der Waals surface area contributed by atoms with Gasteiger partial charge >= 0.3 is 6.09 Å². The average molecular weight is 544 g/mol. The van der Waals surface area contributed by atoms with Gasteiger partial charge in [0.2, 0.25) is 11.8 Å². The van der Waals surface area contributed by atoms with Crippen LogP contribution in [0.3, 0.4) is 0 Å².